The van der Waals surface area contributed by atoms with Gasteiger partial charge in [-0.2, -0.15) is 0 Å². The minimum atomic E-state index is -1.05. The first-order valence-electron chi connectivity index (χ1n) is 37.5. The van der Waals surface area contributed by atoms with Crippen LogP contribution in [0.2, 0.25) is 0 Å². The fourth-order valence-electron chi connectivity index (χ4n) is 11.0. The van der Waals surface area contributed by atoms with Gasteiger partial charge in [0.15, 0.2) is 11.7 Å². The first-order chi connectivity index (χ1) is 50.1. The maximum absolute atomic E-state index is 13.6. The van der Waals surface area contributed by atoms with Gasteiger partial charge in [0.1, 0.15) is 55.6 Å². The van der Waals surface area contributed by atoms with Crippen molar-refractivity contribution in [1.82, 2.24) is 26.6 Å². The van der Waals surface area contributed by atoms with Gasteiger partial charge in [0.05, 0.1) is 72.7 Å². The Balaban J connectivity index is 0.000108. The van der Waals surface area contributed by atoms with E-state index in [1.54, 1.807) is 26.0 Å². The first-order valence-corrected chi connectivity index (χ1v) is 37.5. The van der Waals surface area contributed by atoms with Crippen LogP contribution < -0.4 is 43.8 Å². The number of rotatable bonds is 73. The summed E-state index contributed by atoms with van der Waals surface area (Å²) in [5.41, 5.74) is 17.2. The molecule has 5 atom stereocenters. The van der Waals surface area contributed by atoms with Crippen molar-refractivity contribution in [3.63, 3.8) is 0 Å². The van der Waals surface area contributed by atoms with Gasteiger partial charge in [-0.05, 0) is 76.0 Å². The Kier molecular flexibility index (Phi) is 58.7. The lowest BCUT2D eigenvalue weighted by molar-refractivity contribution is -0.137. The molecule has 0 radical (unpaired) electrons. The molecular formula is C74H129N9O21. The largest absolute Gasteiger partial charge is 0.508 e. The average Bonchev–Trinajstić information content (AvgIpc) is 0.850. The number of hydrogen-bond acceptors (Lipinski definition) is 21. The number of nitrogens with one attached hydrogen (secondary N) is 5. The molecule has 0 aliphatic rings. The van der Waals surface area contributed by atoms with E-state index in [0.29, 0.717) is 63.7 Å². The summed E-state index contributed by atoms with van der Waals surface area (Å²) < 4.78 is 43.3. The smallest absolute Gasteiger partial charge is 0.303 e. The molecule has 1 rings (SSSR count). The number of nitrogens with zero attached hydrogens (tertiary/aromatic N) is 1. The van der Waals surface area contributed by atoms with Crippen LogP contribution in [0.15, 0.2) is 29.3 Å². The summed E-state index contributed by atoms with van der Waals surface area (Å²) in [7, 11) is 0. The highest BCUT2D eigenvalue weighted by atomic mass is 16.5. The predicted octanol–water partition coefficient (Wildman–Crippen LogP) is 5.05. The molecule has 1 aromatic carbocycles. The number of aliphatic imine (C=N–C) groups is 1. The zero-order valence-corrected chi connectivity index (χ0v) is 62.5. The van der Waals surface area contributed by atoms with Crippen molar-refractivity contribution in [3.8, 4) is 5.75 Å². The van der Waals surface area contributed by atoms with Crippen molar-refractivity contribution in [2.45, 2.75) is 200 Å². The van der Waals surface area contributed by atoms with Crippen molar-refractivity contribution in [2.75, 3.05) is 138 Å². The minimum Gasteiger partial charge on any atom is -0.508 e. The van der Waals surface area contributed by atoms with E-state index in [0.717, 1.165) is 44.9 Å². The predicted molar refractivity (Wildman–Crippen MR) is 393 cm³/mol. The number of benzene rings is 1. The van der Waals surface area contributed by atoms with Gasteiger partial charge in [-0.3, -0.25) is 57.7 Å². The Hall–Kier alpha value is -7.06. The van der Waals surface area contributed by atoms with Crippen LogP contribution in [0.5, 0.6) is 5.75 Å². The zero-order chi connectivity index (χ0) is 76.6. The summed E-state index contributed by atoms with van der Waals surface area (Å²) >= 11 is 0. The van der Waals surface area contributed by atoms with Gasteiger partial charge >= 0.3 is 5.97 Å². The number of nitrogens with two attached hydrogens (primary N) is 3. The number of Topliss-reactive ketones (excluding diaryl/α,β-unsaturated/α-hetero) is 4. The summed E-state index contributed by atoms with van der Waals surface area (Å²) in [6, 6.07) is 5.13. The third-order valence-corrected chi connectivity index (χ3v) is 17.0. The molecule has 0 heterocycles. The number of ketones is 4. The van der Waals surface area contributed by atoms with E-state index < -0.39 is 47.5 Å². The summed E-state index contributed by atoms with van der Waals surface area (Å²) in [6.45, 7) is 8.40. The van der Waals surface area contributed by atoms with Crippen LogP contribution in [0.1, 0.15) is 195 Å². The monoisotopic (exact) mass is 1480 g/mol. The first kappa shape index (κ1) is 95.0. The third-order valence-electron chi connectivity index (χ3n) is 17.0. The molecular weight excluding hydrogens is 1350 g/mol. The molecule has 0 fully saturated rings. The number of ether oxygens (including phenoxy) is 8. The second kappa shape index (κ2) is 64.3. The Labute approximate surface area is 617 Å². The van der Waals surface area contributed by atoms with Gasteiger partial charge in [0, 0.05) is 103 Å². The topological polar surface area (TPSA) is 453 Å². The molecule has 596 valence electrons. The molecule has 0 saturated heterocycles. The normalized spacial score (nSPS) is 12.6. The van der Waals surface area contributed by atoms with Crippen LogP contribution in [-0.4, -0.2) is 225 Å². The Morgan fingerprint density at radius 2 is 0.904 bits per heavy atom. The Bertz CT molecular complexity index is 2590. The van der Waals surface area contributed by atoms with Crippen molar-refractivity contribution < 1.29 is 102 Å². The second-order valence-electron chi connectivity index (χ2n) is 26.1. The van der Waals surface area contributed by atoms with Gasteiger partial charge in [0.2, 0.25) is 35.4 Å². The number of phenolic OH excluding ortho intramolecular Hbond substituents is 1. The summed E-state index contributed by atoms with van der Waals surface area (Å²) in [4.78, 5) is 140. The number of aliphatic carboxylic acids is 1. The van der Waals surface area contributed by atoms with E-state index in [4.69, 9.17) is 60.2 Å². The highest BCUT2D eigenvalue weighted by Crippen LogP contribution is 2.26. The number of phenols is 1. The molecule has 0 aliphatic carbocycles. The average molecular weight is 1480 g/mol. The Morgan fingerprint density at radius 3 is 1.38 bits per heavy atom. The lowest BCUT2D eigenvalue weighted by Gasteiger charge is -2.26. The number of amides is 6. The fraction of sp³-hybridized carbons (Fsp3) is 0.757. The summed E-state index contributed by atoms with van der Waals surface area (Å²) in [6.07, 6.45) is 20.1. The number of hydrogen-bond donors (Lipinski definition) is 10. The van der Waals surface area contributed by atoms with Crippen molar-refractivity contribution in [3.05, 3.63) is 29.8 Å². The highest BCUT2D eigenvalue weighted by Gasteiger charge is 2.34. The van der Waals surface area contributed by atoms with Gasteiger partial charge in [-0.1, -0.05) is 109 Å². The molecule has 0 aromatic heterocycles. The van der Waals surface area contributed by atoms with Crippen molar-refractivity contribution in [1.29, 1.82) is 0 Å². The number of guanidine groups is 1. The van der Waals surface area contributed by atoms with E-state index >= 15 is 0 Å². The van der Waals surface area contributed by atoms with Crippen molar-refractivity contribution in [2.24, 2.45) is 45.9 Å². The van der Waals surface area contributed by atoms with Crippen LogP contribution in [-0.2, 0) is 97.1 Å². The molecule has 0 aliphatic heterocycles. The van der Waals surface area contributed by atoms with E-state index in [-0.39, 0.29) is 224 Å². The SMILES string of the molecule is CC(=O)[C@H](CCC(=O)NCCOCCOCC(=O)NCCOCCOCC(=O)CCCOCCOCC(=O)NCCOCCOCC(=O)NCCCC[C@H](C)C(=O)C(C)[C@@H](CCCN=C(N)N)C(=O)N[C@@H](Cc1ccc(O)cc1)C(N)=O)CC(=O)CCCCCCCCCCCCCCCCC(=O)O.[HH]. The van der Waals surface area contributed by atoms with Crippen molar-refractivity contribution >= 4 is 70.5 Å². The standard InChI is InChI=1S/C74H127N9O21.H2/c1-56(71(94)57(2)64(25-20-34-82-74(76)77)73(96)83-65(72(75)95)50-59-27-30-61(85)31-28-59)22-18-19-33-78-67(89)53-103-48-45-100-41-37-81-68(90)54-102-47-42-97-38-21-24-63(87)52-101-46-43-99-40-36-80-69(91)55-104-49-44-98-39-35-79-66(88)32-29-60(58(3)84)51-62(86)23-16-14-12-10-8-6-4-5-7-9-11-13-15-17-26-70(92)93;/h27-28,30-31,56-57,60,64-65,85H,4-26,29,32-55H2,1-3H3,(H2,75,95)(H,78,89)(H,79,88)(H,80,91)(H,81,90)(H,83,96)(H,92,93)(H4,76,77,82);1H/t56-,57?,60+,64+,65-;/m0./s1. The lowest BCUT2D eigenvalue weighted by atomic mass is 9.80. The molecule has 0 spiro atoms. The molecule has 13 N–H and O–H groups in total. The van der Waals surface area contributed by atoms with E-state index in [2.05, 4.69) is 31.6 Å². The number of primary amides is 1. The number of carbonyl (C=O) groups excluding carboxylic acids is 10. The van der Waals surface area contributed by atoms with Crippen LogP contribution >= 0.6 is 0 Å². The maximum Gasteiger partial charge on any atom is 0.303 e. The van der Waals surface area contributed by atoms with E-state index in [9.17, 15) is 57.8 Å². The highest BCUT2D eigenvalue weighted by molar-refractivity contribution is 5.92. The number of unbranched alkanes of at least 4 members (excludes halogenated alkanes) is 14. The number of aromatic hydroxyl groups is 1. The number of carbonyl (C=O) groups is 11. The molecule has 0 saturated carbocycles. The van der Waals surface area contributed by atoms with Crippen LogP contribution in [0.25, 0.3) is 0 Å². The Morgan fingerprint density at radius 1 is 0.462 bits per heavy atom. The fourth-order valence-corrected chi connectivity index (χ4v) is 11.0. The van der Waals surface area contributed by atoms with Crippen LogP contribution in [0, 0.1) is 23.7 Å². The third kappa shape index (κ3) is 56.3. The number of carboxylic acids is 1. The van der Waals surface area contributed by atoms with Gasteiger partial charge < -0.3 is 91.9 Å². The van der Waals surface area contributed by atoms with E-state index in [1.807, 2.05) is 0 Å². The molecule has 0 bridgehead atoms. The molecule has 30 heteroatoms. The van der Waals surface area contributed by atoms with Gasteiger partial charge in [0.25, 0.3) is 0 Å². The summed E-state index contributed by atoms with van der Waals surface area (Å²) in [5.74, 6) is -5.75. The van der Waals surface area contributed by atoms with Crippen LogP contribution in [0.3, 0.4) is 0 Å². The molecule has 104 heavy (non-hydrogen) atoms. The molecule has 1 unspecified atom stereocenters. The molecule has 1 aromatic rings. The summed E-state index contributed by atoms with van der Waals surface area (Å²) in [5, 5.41) is 32.0. The number of carboxylic acid groups (broad SMARTS) is 1. The van der Waals surface area contributed by atoms with Gasteiger partial charge in [-0.15, -0.1) is 0 Å². The van der Waals surface area contributed by atoms with Gasteiger partial charge in [-0.25, -0.2) is 0 Å². The second-order valence-corrected chi connectivity index (χ2v) is 26.1. The minimum absolute atomic E-state index is 0. The molecule has 30 nitrogen and oxygen atoms in total. The zero-order valence-electron chi connectivity index (χ0n) is 62.5. The maximum atomic E-state index is 13.6. The molecule has 6 amide bonds. The quantitative estimate of drug-likeness (QED) is 0.0232. The van der Waals surface area contributed by atoms with E-state index in [1.165, 1.54) is 64.0 Å². The lowest BCUT2D eigenvalue weighted by Crippen LogP contribution is -2.49. The van der Waals surface area contributed by atoms with Crippen LogP contribution in [0.4, 0.5) is 0 Å².